The SMILES string of the molecule is CC(=O)c1ccc(NC(=O)NC(C)C2CCCC2)cc1. The van der Waals surface area contributed by atoms with E-state index in [0.717, 1.165) is 0 Å². The summed E-state index contributed by atoms with van der Waals surface area (Å²) in [5, 5.41) is 5.79. The molecule has 1 saturated carbocycles. The Morgan fingerprint density at radius 2 is 1.75 bits per heavy atom. The van der Waals surface area contributed by atoms with Gasteiger partial charge in [-0.05, 0) is 56.9 Å². The van der Waals surface area contributed by atoms with E-state index in [2.05, 4.69) is 17.6 Å². The monoisotopic (exact) mass is 274 g/mol. The van der Waals surface area contributed by atoms with Crippen LogP contribution in [0.25, 0.3) is 0 Å². The number of ketones is 1. The maximum Gasteiger partial charge on any atom is 0.319 e. The first-order valence-electron chi connectivity index (χ1n) is 7.25. The molecule has 0 aromatic heterocycles. The first-order valence-corrected chi connectivity index (χ1v) is 7.25. The van der Waals surface area contributed by atoms with Gasteiger partial charge in [0.2, 0.25) is 0 Å². The number of nitrogens with one attached hydrogen (secondary N) is 2. The molecule has 0 spiro atoms. The predicted molar refractivity (Wildman–Crippen MR) is 80.0 cm³/mol. The molecule has 20 heavy (non-hydrogen) atoms. The number of anilines is 1. The summed E-state index contributed by atoms with van der Waals surface area (Å²) in [5.41, 5.74) is 1.35. The Hall–Kier alpha value is -1.84. The zero-order chi connectivity index (χ0) is 14.5. The summed E-state index contributed by atoms with van der Waals surface area (Å²) in [6.07, 6.45) is 4.94. The topological polar surface area (TPSA) is 58.2 Å². The second-order valence-corrected chi connectivity index (χ2v) is 5.57. The molecule has 1 aliphatic carbocycles. The molecule has 4 nitrogen and oxygen atoms in total. The van der Waals surface area contributed by atoms with Gasteiger partial charge in [0.1, 0.15) is 0 Å². The van der Waals surface area contributed by atoms with E-state index < -0.39 is 0 Å². The van der Waals surface area contributed by atoms with Gasteiger partial charge in [0.15, 0.2) is 5.78 Å². The molecule has 1 unspecified atom stereocenters. The van der Waals surface area contributed by atoms with Gasteiger partial charge in [-0.15, -0.1) is 0 Å². The second kappa shape index (κ2) is 6.55. The molecule has 2 N–H and O–H groups in total. The molecule has 1 aromatic rings. The molecule has 0 heterocycles. The molecule has 1 fully saturated rings. The van der Waals surface area contributed by atoms with Gasteiger partial charge in [0.25, 0.3) is 0 Å². The van der Waals surface area contributed by atoms with Crippen molar-refractivity contribution in [1.29, 1.82) is 0 Å². The smallest absolute Gasteiger partial charge is 0.319 e. The summed E-state index contributed by atoms with van der Waals surface area (Å²) >= 11 is 0. The molecular weight excluding hydrogens is 252 g/mol. The third-order valence-corrected chi connectivity index (χ3v) is 4.01. The third kappa shape index (κ3) is 3.83. The fourth-order valence-corrected chi connectivity index (χ4v) is 2.74. The van der Waals surface area contributed by atoms with E-state index >= 15 is 0 Å². The molecule has 0 radical (unpaired) electrons. The highest BCUT2D eigenvalue weighted by atomic mass is 16.2. The number of hydrogen-bond acceptors (Lipinski definition) is 2. The maximum absolute atomic E-state index is 11.9. The number of carbonyl (C=O) groups excluding carboxylic acids is 2. The van der Waals surface area contributed by atoms with Crippen LogP contribution in [0.3, 0.4) is 0 Å². The van der Waals surface area contributed by atoms with Crippen LogP contribution in [0, 0.1) is 5.92 Å². The van der Waals surface area contributed by atoms with Gasteiger partial charge in [-0.3, -0.25) is 4.79 Å². The van der Waals surface area contributed by atoms with Gasteiger partial charge >= 0.3 is 6.03 Å². The first-order chi connectivity index (χ1) is 9.56. The number of urea groups is 1. The number of amides is 2. The van der Waals surface area contributed by atoms with Gasteiger partial charge in [-0.1, -0.05) is 12.8 Å². The van der Waals surface area contributed by atoms with Crippen LogP contribution in [0.15, 0.2) is 24.3 Å². The molecule has 1 aliphatic rings. The Morgan fingerprint density at radius 1 is 1.15 bits per heavy atom. The fourth-order valence-electron chi connectivity index (χ4n) is 2.74. The Balaban J connectivity index is 1.85. The normalized spacial score (nSPS) is 16.7. The van der Waals surface area contributed by atoms with Crippen molar-refractivity contribution < 1.29 is 9.59 Å². The van der Waals surface area contributed by atoms with Gasteiger partial charge in [0.05, 0.1) is 0 Å². The molecule has 1 atom stereocenters. The van der Waals surface area contributed by atoms with E-state index in [9.17, 15) is 9.59 Å². The quantitative estimate of drug-likeness (QED) is 0.824. The summed E-state index contributed by atoms with van der Waals surface area (Å²) in [5.74, 6) is 0.622. The van der Waals surface area contributed by atoms with Crippen LogP contribution in [-0.2, 0) is 0 Å². The number of Topliss-reactive ketones (excluding diaryl/α,β-unsaturated/α-hetero) is 1. The lowest BCUT2D eigenvalue weighted by Crippen LogP contribution is -2.39. The van der Waals surface area contributed by atoms with Gasteiger partial charge < -0.3 is 10.6 Å². The van der Waals surface area contributed by atoms with Crippen molar-refractivity contribution >= 4 is 17.5 Å². The van der Waals surface area contributed by atoms with Crippen LogP contribution < -0.4 is 10.6 Å². The van der Waals surface area contributed by atoms with Crippen LogP contribution >= 0.6 is 0 Å². The van der Waals surface area contributed by atoms with Crippen LogP contribution in [0.5, 0.6) is 0 Å². The summed E-state index contributed by atoms with van der Waals surface area (Å²) < 4.78 is 0. The van der Waals surface area contributed by atoms with Crippen LogP contribution in [0.1, 0.15) is 49.9 Å². The predicted octanol–water partition coefficient (Wildman–Crippen LogP) is 3.59. The third-order valence-electron chi connectivity index (χ3n) is 4.01. The molecular formula is C16H22N2O2. The van der Waals surface area contributed by atoms with E-state index in [1.54, 1.807) is 24.3 Å². The molecule has 0 aliphatic heterocycles. The van der Waals surface area contributed by atoms with Crippen molar-refractivity contribution in [3.63, 3.8) is 0 Å². The summed E-state index contributed by atoms with van der Waals surface area (Å²) in [6, 6.07) is 6.96. The number of benzene rings is 1. The first kappa shape index (κ1) is 14.6. The molecule has 0 saturated heterocycles. The molecule has 2 amide bonds. The largest absolute Gasteiger partial charge is 0.335 e. The minimum absolute atomic E-state index is 0.0239. The Morgan fingerprint density at radius 3 is 2.30 bits per heavy atom. The summed E-state index contributed by atoms with van der Waals surface area (Å²) in [7, 11) is 0. The maximum atomic E-state index is 11.9. The molecule has 1 aromatic carbocycles. The zero-order valence-electron chi connectivity index (χ0n) is 12.1. The minimum atomic E-state index is -0.181. The average molecular weight is 274 g/mol. The standard InChI is InChI=1S/C16H22N2O2/c1-11(13-5-3-4-6-13)17-16(20)18-15-9-7-14(8-10-15)12(2)19/h7-11,13H,3-6H2,1-2H3,(H2,17,18,20). The van der Waals surface area contributed by atoms with Crippen molar-refractivity contribution in [2.75, 3.05) is 5.32 Å². The fraction of sp³-hybridized carbons (Fsp3) is 0.500. The highest BCUT2D eigenvalue weighted by Crippen LogP contribution is 2.27. The molecule has 108 valence electrons. The molecule has 2 rings (SSSR count). The highest BCUT2D eigenvalue weighted by Gasteiger charge is 2.22. The number of rotatable bonds is 4. The zero-order valence-corrected chi connectivity index (χ0v) is 12.1. The van der Waals surface area contributed by atoms with E-state index in [4.69, 9.17) is 0 Å². The summed E-state index contributed by atoms with van der Waals surface area (Å²) in [4.78, 5) is 23.1. The van der Waals surface area contributed by atoms with E-state index in [0.29, 0.717) is 17.2 Å². The van der Waals surface area contributed by atoms with Crippen molar-refractivity contribution in [3.05, 3.63) is 29.8 Å². The average Bonchev–Trinajstić information content (AvgIpc) is 2.93. The number of hydrogen-bond donors (Lipinski definition) is 2. The van der Waals surface area contributed by atoms with Crippen LogP contribution in [-0.4, -0.2) is 17.9 Å². The van der Waals surface area contributed by atoms with E-state index in [-0.39, 0.29) is 17.9 Å². The van der Waals surface area contributed by atoms with Crippen LogP contribution in [0.4, 0.5) is 10.5 Å². The Kier molecular flexibility index (Phi) is 4.77. The summed E-state index contributed by atoms with van der Waals surface area (Å²) in [6.45, 7) is 3.59. The Bertz CT molecular complexity index is 476. The lowest BCUT2D eigenvalue weighted by Gasteiger charge is -2.20. The van der Waals surface area contributed by atoms with Crippen molar-refractivity contribution in [2.24, 2.45) is 5.92 Å². The lowest BCUT2D eigenvalue weighted by atomic mass is 10.0. The van der Waals surface area contributed by atoms with Gasteiger partial charge in [0, 0.05) is 17.3 Å². The minimum Gasteiger partial charge on any atom is -0.335 e. The highest BCUT2D eigenvalue weighted by molar-refractivity contribution is 5.95. The number of carbonyl (C=O) groups is 2. The van der Waals surface area contributed by atoms with Crippen molar-refractivity contribution in [1.82, 2.24) is 5.32 Å². The van der Waals surface area contributed by atoms with Crippen molar-refractivity contribution in [3.8, 4) is 0 Å². The van der Waals surface area contributed by atoms with Crippen molar-refractivity contribution in [2.45, 2.75) is 45.6 Å². The lowest BCUT2D eigenvalue weighted by molar-refractivity contribution is 0.101. The second-order valence-electron chi connectivity index (χ2n) is 5.57. The molecule has 4 heteroatoms. The van der Waals surface area contributed by atoms with Gasteiger partial charge in [-0.2, -0.15) is 0 Å². The van der Waals surface area contributed by atoms with Gasteiger partial charge in [-0.25, -0.2) is 4.79 Å². The van der Waals surface area contributed by atoms with E-state index in [1.165, 1.54) is 32.6 Å². The van der Waals surface area contributed by atoms with Crippen LogP contribution in [0.2, 0.25) is 0 Å². The Labute approximate surface area is 119 Å². The molecule has 0 bridgehead atoms. The van der Waals surface area contributed by atoms with E-state index in [1.807, 2.05) is 0 Å².